The molecule has 2 aromatic rings. The number of thiazole rings is 1. The topological polar surface area (TPSA) is 62.2 Å². The van der Waals surface area contributed by atoms with Crippen LogP contribution in [0.15, 0.2) is 29.6 Å². The Morgan fingerprint density at radius 3 is 2.81 bits per heavy atom. The highest BCUT2D eigenvalue weighted by Gasteiger charge is 2.13. The standard InChI is InChI=1S/C15H17FN2O2S/c1-2-3-12(19)8-17-14(20)13-9-21-15(18-13)10-4-6-11(16)7-5-10/h4-7,9,12,19H,2-3,8H2,1H3,(H,17,20). The maximum atomic E-state index is 12.9. The van der Waals surface area contributed by atoms with Gasteiger partial charge in [0.05, 0.1) is 6.10 Å². The summed E-state index contributed by atoms with van der Waals surface area (Å²) in [5.74, 6) is -0.618. The van der Waals surface area contributed by atoms with Gasteiger partial charge in [-0.05, 0) is 30.7 Å². The van der Waals surface area contributed by atoms with Crippen LogP contribution in [-0.4, -0.2) is 28.6 Å². The van der Waals surface area contributed by atoms with Crippen LogP contribution in [0.25, 0.3) is 10.6 Å². The Morgan fingerprint density at radius 2 is 2.14 bits per heavy atom. The molecule has 1 unspecified atom stereocenters. The summed E-state index contributed by atoms with van der Waals surface area (Å²) in [6, 6.07) is 5.97. The van der Waals surface area contributed by atoms with Crippen LogP contribution in [0.5, 0.6) is 0 Å². The van der Waals surface area contributed by atoms with Crippen molar-refractivity contribution in [2.45, 2.75) is 25.9 Å². The van der Waals surface area contributed by atoms with E-state index < -0.39 is 6.10 Å². The van der Waals surface area contributed by atoms with E-state index in [2.05, 4.69) is 10.3 Å². The van der Waals surface area contributed by atoms with Crippen LogP contribution in [0, 0.1) is 5.82 Å². The first-order valence-corrected chi connectivity index (χ1v) is 7.66. The fourth-order valence-electron chi connectivity index (χ4n) is 1.84. The van der Waals surface area contributed by atoms with Crippen molar-refractivity contribution >= 4 is 17.2 Å². The summed E-state index contributed by atoms with van der Waals surface area (Å²) in [7, 11) is 0. The van der Waals surface area contributed by atoms with E-state index in [4.69, 9.17) is 0 Å². The summed E-state index contributed by atoms with van der Waals surface area (Å²) < 4.78 is 12.9. The zero-order valence-corrected chi connectivity index (χ0v) is 12.5. The molecule has 4 nitrogen and oxygen atoms in total. The predicted molar refractivity (Wildman–Crippen MR) is 80.8 cm³/mol. The summed E-state index contributed by atoms with van der Waals surface area (Å²) in [6.07, 6.45) is 0.981. The number of rotatable bonds is 6. The van der Waals surface area contributed by atoms with Gasteiger partial charge in [0, 0.05) is 17.5 Å². The summed E-state index contributed by atoms with van der Waals surface area (Å²) in [6.45, 7) is 2.19. The van der Waals surface area contributed by atoms with Crippen molar-refractivity contribution in [3.8, 4) is 10.6 Å². The van der Waals surface area contributed by atoms with Crippen molar-refractivity contribution < 1.29 is 14.3 Å². The average molecular weight is 308 g/mol. The Bertz CT molecular complexity index is 598. The first kappa shape index (κ1) is 15.6. The van der Waals surface area contributed by atoms with Crippen LogP contribution in [0.1, 0.15) is 30.3 Å². The SMILES string of the molecule is CCCC(O)CNC(=O)c1csc(-c2ccc(F)cc2)n1. The molecule has 0 saturated carbocycles. The maximum absolute atomic E-state index is 12.9. The number of aliphatic hydroxyl groups excluding tert-OH is 1. The molecular formula is C15H17FN2O2S. The Labute approximate surface area is 126 Å². The molecule has 2 rings (SSSR count). The lowest BCUT2D eigenvalue weighted by molar-refractivity contribution is 0.0906. The molecule has 1 heterocycles. The second-order valence-corrected chi connectivity index (χ2v) is 5.56. The molecule has 0 fully saturated rings. The van der Waals surface area contributed by atoms with Gasteiger partial charge in [-0.25, -0.2) is 9.37 Å². The molecule has 1 amide bonds. The number of benzene rings is 1. The van der Waals surface area contributed by atoms with Crippen LogP contribution in [0.3, 0.4) is 0 Å². The van der Waals surface area contributed by atoms with E-state index in [9.17, 15) is 14.3 Å². The lowest BCUT2D eigenvalue weighted by Crippen LogP contribution is -2.32. The molecular weight excluding hydrogens is 291 g/mol. The van der Waals surface area contributed by atoms with Gasteiger partial charge in [-0.2, -0.15) is 0 Å². The lowest BCUT2D eigenvalue weighted by Gasteiger charge is -2.09. The van der Waals surface area contributed by atoms with Crippen LogP contribution in [-0.2, 0) is 0 Å². The van der Waals surface area contributed by atoms with E-state index in [-0.39, 0.29) is 18.3 Å². The number of carbonyl (C=O) groups is 1. The van der Waals surface area contributed by atoms with Crippen molar-refractivity contribution in [1.82, 2.24) is 10.3 Å². The molecule has 0 saturated heterocycles. The Balaban J connectivity index is 1.99. The number of halogens is 1. The van der Waals surface area contributed by atoms with Gasteiger partial charge >= 0.3 is 0 Å². The molecule has 1 atom stereocenters. The number of hydrogen-bond acceptors (Lipinski definition) is 4. The van der Waals surface area contributed by atoms with Gasteiger partial charge in [-0.15, -0.1) is 11.3 Å². The van der Waals surface area contributed by atoms with Gasteiger partial charge < -0.3 is 10.4 Å². The van der Waals surface area contributed by atoms with E-state index in [0.29, 0.717) is 17.1 Å². The largest absolute Gasteiger partial charge is 0.391 e. The number of hydrogen-bond donors (Lipinski definition) is 2. The lowest BCUT2D eigenvalue weighted by atomic mass is 10.2. The van der Waals surface area contributed by atoms with Crippen molar-refractivity contribution in [1.29, 1.82) is 0 Å². The van der Waals surface area contributed by atoms with Crippen LogP contribution >= 0.6 is 11.3 Å². The monoisotopic (exact) mass is 308 g/mol. The second-order valence-electron chi connectivity index (χ2n) is 4.70. The van der Waals surface area contributed by atoms with E-state index in [1.807, 2.05) is 6.92 Å². The third-order valence-corrected chi connectivity index (χ3v) is 3.84. The molecule has 0 aliphatic carbocycles. The number of nitrogens with zero attached hydrogens (tertiary/aromatic N) is 1. The molecule has 0 bridgehead atoms. The highest BCUT2D eigenvalue weighted by Crippen LogP contribution is 2.23. The van der Waals surface area contributed by atoms with Gasteiger partial charge in [0.25, 0.3) is 5.91 Å². The molecule has 112 valence electrons. The fourth-order valence-corrected chi connectivity index (χ4v) is 2.65. The molecule has 0 aliphatic rings. The number of amides is 1. The molecule has 2 N–H and O–H groups in total. The molecule has 0 aliphatic heterocycles. The summed E-state index contributed by atoms with van der Waals surface area (Å²) >= 11 is 1.32. The third kappa shape index (κ3) is 4.34. The summed E-state index contributed by atoms with van der Waals surface area (Å²) in [5.41, 5.74) is 1.08. The van der Waals surface area contributed by atoms with Gasteiger partial charge in [0.2, 0.25) is 0 Å². The average Bonchev–Trinajstić information content (AvgIpc) is 2.96. The number of carbonyl (C=O) groups excluding carboxylic acids is 1. The molecule has 21 heavy (non-hydrogen) atoms. The highest BCUT2D eigenvalue weighted by atomic mass is 32.1. The number of aromatic nitrogens is 1. The van der Waals surface area contributed by atoms with E-state index >= 15 is 0 Å². The first-order chi connectivity index (χ1) is 10.1. The highest BCUT2D eigenvalue weighted by molar-refractivity contribution is 7.13. The molecule has 1 aromatic heterocycles. The maximum Gasteiger partial charge on any atom is 0.270 e. The minimum absolute atomic E-state index is 0.218. The van der Waals surface area contributed by atoms with E-state index in [0.717, 1.165) is 12.0 Å². The van der Waals surface area contributed by atoms with Gasteiger partial charge in [0.1, 0.15) is 16.5 Å². The number of nitrogens with one attached hydrogen (secondary N) is 1. The van der Waals surface area contributed by atoms with Crippen molar-refractivity contribution in [2.75, 3.05) is 6.54 Å². The van der Waals surface area contributed by atoms with E-state index in [1.165, 1.54) is 23.5 Å². The zero-order valence-electron chi connectivity index (χ0n) is 11.7. The van der Waals surface area contributed by atoms with Crippen molar-refractivity contribution in [2.24, 2.45) is 0 Å². The second kappa shape index (κ2) is 7.28. The summed E-state index contributed by atoms with van der Waals surface area (Å²) in [4.78, 5) is 16.2. The Kier molecular flexibility index (Phi) is 5.41. The van der Waals surface area contributed by atoms with Crippen molar-refractivity contribution in [3.05, 3.63) is 41.2 Å². The number of aliphatic hydroxyl groups is 1. The molecule has 1 aromatic carbocycles. The van der Waals surface area contributed by atoms with E-state index in [1.54, 1.807) is 17.5 Å². The molecule has 0 spiro atoms. The zero-order chi connectivity index (χ0) is 15.2. The van der Waals surface area contributed by atoms with Crippen molar-refractivity contribution in [3.63, 3.8) is 0 Å². The minimum atomic E-state index is -0.533. The van der Waals surface area contributed by atoms with Gasteiger partial charge in [-0.1, -0.05) is 13.3 Å². The van der Waals surface area contributed by atoms with Gasteiger partial charge in [-0.3, -0.25) is 4.79 Å². The summed E-state index contributed by atoms with van der Waals surface area (Å²) in [5, 5.41) is 14.6. The Morgan fingerprint density at radius 1 is 1.43 bits per heavy atom. The smallest absolute Gasteiger partial charge is 0.270 e. The van der Waals surface area contributed by atoms with Crippen LogP contribution < -0.4 is 5.32 Å². The predicted octanol–water partition coefficient (Wildman–Crippen LogP) is 2.84. The van der Waals surface area contributed by atoms with Crippen LogP contribution in [0.2, 0.25) is 0 Å². The fraction of sp³-hybridized carbons (Fsp3) is 0.333. The normalized spacial score (nSPS) is 12.1. The van der Waals surface area contributed by atoms with Gasteiger partial charge in [0.15, 0.2) is 0 Å². The minimum Gasteiger partial charge on any atom is -0.391 e. The molecule has 6 heteroatoms. The third-order valence-electron chi connectivity index (χ3n) is 2.95. The Hall–Kier alpha value is -1.79. The quantitative estimate of drug-likeness (QED) is 0.862. The molecule has 0 radical (unpaired) electrons. The first-order valence-electron chi connectivity index (χ1n) is 6.78. The van der Waals surface area contributed by atoms with Crippen LogP contribution in [0.4, 0.5) is 4.39 Å².